The predicted octanol–water partition coefficient (Wildman–Crippen LogP) is 1.97. The van der Waals surface area contributed by atoms with Gasteiger partial charge in [-0.2, -0.15) is 0 Å². The Hall–Kier alpha value is -1.26. The Morgan fingerprint density at radius 1 is 1.28 bits per heavy atom. The van der Waals surface area contributed by atoms with Crippen LogP contribution in [0.1, 0.15) is 31.7 Å². The molecule has 0 saturated carbocycles. The van der Waals surface area contributed by atoms with Crippen LogP contribution in [0.3, 0.4) is 0 Å². The number of hydrogen-bond donors (Lipinski definition) is 3. The van der Waals surface area contributed by atoms with E-state index in [2.05, 4.69) is 19.2 Å². The first-order valence-electron chi connectivity index (χ1n) is 6.28. The van der Waals surface area contributed by atoms with E-state index in [1.54, 1.807) is 7.11 Å². The number of ether oxygens (including phenoxy) is 1. The van der Waals surface area contributed by atoms with Crippen LogP contribution in [0, 0.1) is 0 Å². The fraction of sp³-hybridized carbons (Fsp3) is 0.571. The third kappa shape index (κ3) is 3.89. The maximum atomic E-state index is 9.20. The summed E-state index contributed by atoms with van der Waals surface area (Å²) in [4.78, 5) is 0. The molecule has 0 heterocycles. The second-order valence-corrected chi connectivity index (χ2v) is 4.65. The van der Waals surface area contributed by atoms with E-state index in [0.717, 1.165) is 17.0 Å². The highest BCUT2D eigenvalue weighted by molar-refractivity contribution is 5.52. The minimum atomic E-state index is -0.122. The topological polar surface area (TPSA) is 61.7 Å². The van der Waals surface area contributed by atoms with Gasteiger partial charge in [-0.15, -0.1) is 0 Å². The first-order chi connectivity index (χ1) is 8.62. The Balaban J connectivity index is 2.87. The van der Waals surface area contributed by atoms with Crippen molar-refractivity contribution in [3.8, 4) is 5.75 Å². The van der Waals surface area contributed by atoms with Crippen molar-refractivity contribution in [3.05, 3.63) is 23.8 Å². The largest absolute Gasteiger partial charge is 0.496 e. The Kier molecular flexibility index (Phi) is 5.95. The number of nitrogens with one attached hydrogen (secondary N) is 1. The molecular weight excluding hydrogens is 230 g/mol. The van der Waals surface area contributed by atoms with Crippen LogP contribution in [0.15, 0.2) is 18.2 Å². The van der Waals surface area contributed by atoms with Crippen LogP contribution in [0.4, 0.5) is 5.69 Å². The molecule has 18 heavy (non-hydrogen) atoms. The quantitative estimate of drug-likeness (QED) is 0.695. The summed E-state index contributed by atoms with van der Waals surface area (Å²) >= 11 is 0. The van der Waals surface area contributed by atoms with Crippen LogP contribution in [0.25, 0.3) is 0 Å². The summed E-state index contributed by atoms with van der Waals surface area (Å²) in [6, 6.07) is 5.75. The standard InChI is InChI=1S/C14H23NO3/c1-10(2)13-8-11(4-5-14(13)18-3)15-12(9-17)6-7-16/h4-5,8,10,12,15-17H,6-7,9H2,1-3H3. The van der Waals surface area contributed by atoms with Crippen molar-refractivity contribution in [2.45, 2.75) is 32.2 Å². The molecule has 0 amide bonds. The van der Waals surface area contributed by atoms with E-state index in [1.165, 1.54) is 0 Å². The zero-order valence-corrected chi connectivity index (χ0v) is 11.3. The summed E-state index contributed by atoms with van der Waals surface area (Å²) in [6.45, 7) is 4.28. The van der Waals surface area contributed by atoms with Crippen molar-refractivity contribution < 1.29 is 14.9 Å². The van der Waals surface area contributed by atoms with Gasteiger partial charge in [-0.1, -0.05) is 13.8 Å². The zero-order chi connectivity index (χ0) is 13.5. The summed E-state index contributed by atoms with van der Waals surface area (Å²) in [7, 11) is 1.66. The Morgan fingerprint density at radius 3 is 2.50 bits per heavy atom. The zero-order valence-electron chi connectivity index (χ0n) is 11.3. The minimum absolute atomic E-state index is 0.00357. The molecule has 0 fully saturated rings. The smallest absolute Gasteiger partial charge is 0.122 e. The van der Waals surface area contributed by atoms with Gasteiger partial charge in [-0.05, 0) is 36.1 Å². The highest BCUT2D eigenvalue weighted by Gasteiger charge is 2.11. The Morgan fingerprint density at radius 2 is 2.00 bits per heavy atom. The van der Waals surface area contributed by atoms with Crippen molar-refractivity contribution >= 4 is 5.69 Å². The molecule has 1 rings (SSSR count). The number of aliphatic hydroxyl groups is 2. The number of anilines is 1. The molecule has 0 aliphatic rings. The number of rotatable bonds is 7. The van der Waals surface area contributed by atoms with Gasteiger partial charge in [0.15, 0.2) is 0 Å². The normalized spacial score (nSPS) is 12.6. The molecule has 0 aromatic heterocycles. The minimum Gasteiger partial charge on any atom is -0.496 e. The number of aliphatic hydroxyl groups excluding tert-OH is 2. The molecule has 0 saturated heterocycles. The summed E-state index contributed by atoms with van der Waals surface area (Å²) in [5.74, 6) is 1.24. The lowest BCUT2D eigenvalue weighted by Gasteiger charge is -2.19. The van der Waals surface area contributed by atoms with Crippen molar-refractivity contribution in [1.82, 2.24) is 0 Å². The average molecular weight is 253 g/mol. The molecule has 0 bridgehead atoms. The third-order valence-electron chi connectivity index (χ3n) is 2.92. The molecule has 0 spiro atoms. The van der Waals surface area contributed by atoms with E-state index in [4.69, 9.17) is 9.84 Å². The molecular formula is C14H23NO3. The highest BCUT2D eigenvalue weighted by Crippen LogP contribution is 2.29. The first-order valence-corrected chi connectivity index (χ1v) is 6.28. The van der Waals surface area contributed by atoms with E-state index in [9.17, 15) is 5.11 Å². The third-order valence-corrected chi connectivity index (χ3v) is 2.92. The number of benzene rings is 1. The average Bonchev–Trinajstić information content (AvgIpc) is 2.38. The van der Waals surface area contributed by atoms with E-state index in [1.807, 2.05) is 18.2 Å². The van der Waals surface area contributed by atoms with Gasteiger partial charge in [0, 0.05) is 12.3 Å². The molecule has 4 nitrogen and oxygen atoms in total. The maximum absolute atomic E-state index is 9.20. The lowest BCUT2D eigenvalue weighted by Crippen LogP contribution is -2.25. The van der Waals surface area contributed by atoms with Crippen LogP contribution < -0.4 is 10.1 Å². The highest BCUT2D eigenvalue weighted by atomic mass is 16.5. The van der Waals surface area contributed by atoms with Crippen molar-refractivity contribution in [2.24, 2.45) is 0 Å². The van der Waals surface area contributed by atoms with Gasteiger partial charge in [0.25, 0.3) is 0 Å². The molecule has 4 heteroatoms. The second-order valence-electron chi connectivity index (χ2n) is 4.65. The molecule has 1 unspecified atom stereocenters. The monoisotopic (exact) mass is 253 g/mol. The SMILES string of the molecule is COc1ccc(NC(CO)CCO)cc1C(C)C. The van der Waals surface area contributed by atoms with Crippen LogP contribution in [0.2, 0.25) is 0 Å². The number of methoxy groups -OCH3 is 1. The van der Waals surface area contributed by atoms with Gasteiger partial charge >= 0.3 is 0 Å². The first kappa shape index (κ1) is 14.8. The summed E-state index contributed by atoms with van der Waals surface area (Å²) < 4.78 is 5.32. The van der Waals surface area contributed by atoms with Crippen molar-refractivity contribution in [1.29, 1.82) is 0 Å². The van der Waals surface area contributed by atoms with Gasteiger partial charge < -0.3 is 20.3 Å². The van der Waals surface area contributed by atoms with Gasteiger partial charge in [-0.3, -0.25) is 0 Å². The molecule has 0 aliphatic carbocycles. The molecule has 1 aromatic carbocycles. The van der Waals surface area contributed by atoms with Crippen LogP contribution in [-0.2, 0) is 0 Å². The summed E-state index contributed by atoms with van der Waals surface area (Å²) in [6.07, 6.45) is 0.527. The van der Waals surface area contributed by atoms with Gasteiger partial charge in [0.2, 0.25) is 0 Å². The van der Waals surface area contributed by atoms with E-state index in [-0.39, 0.29) is 19.3 Å². The van der Waals surface area contributed by atoms with Crippen LogP contribution in [-0.4, -0.2) is 36.6 Å². The fourth-order valence-electron chi connectivity index (χ4n) is 1.88. The summed E-state index contributed by atoms with van der Waals surface area (Å²) in [5, 5.41) is 21.3. The van der Waals surface area contributed by atoms with E-state index >= 15 is 0 Å². The maximum Gasteiger partial charge on any atom is 0.122 e. The predicted molar refractivity (Wildman–Crippen MR) is 73.3 cm³/mol. The van der Waals surface area contributed by atoms with Gasteiger partial charge in [0.1, 0.15) is 5.75 Å². The molecule has 102 valence electrons. The number of hydrogen-bond acceptors (Lipinski definition) is 4. The second kappa shape index (κ2) is 7.24. The van der Waals surface area contributed by atoms with E-state index in [0.29, 0.717) is 12.3 Å². The lowest BCUT2D eigenvalue weighted by atomic mass is 10.0. The Labute approximate surface area is 109 Å². The Bertz CT molecular complexity index is 366. The van der Waals surface area contributed by atoms with Gasteiger partial charge in [0.05, 0.1) is 19.8 Å². The fourth-order valence-corrected chi connectivity index (χ4v) is 1.88. The van der Waals surface area contributed by atoms with Crippen LogP contribution >= 0.6 is 0 Å². The van der Waals surface area contributed by atoms with Gasteiger partial charge in [-0.25, -0.2) is 0 Å². The van der Waals surface area contributed by atoms with Crippen molar-refractivity contribution in [2.75, 3.05) is 25.6 Å². The molecule has 3 N–H and O–H groups in total. The van der Waals surface area contributed by atoms with Crippen LogP contribution in [0.5, 0.6) is 5.75 Å². The molecule has 0 radical (unpaired) electrons. The lowest BCUT2D eigenvalue weighted by molar-refractivity contribution is 0.229. The molecule has 1 atom stereocenters. The van der Waals surface area contributed by atoms with Crippen molar-refractivity contribution in [3.63, 3.8) is 0 Å². The van der Waals surface area contributed by atoms with E-state index < -0.39 is 0 Å². The molecule has 1 aromatic rings. The molecule has 0 aliphatic heterocycles. The summed E-state index contributed by atoms with van der Waals surface area (Å²) in [5.41, 5.74) is 2.06.